The second-order valence-electron chi connectivity index (χ2n) is 17.2. The molecule has 64 heavy (non-hydrogen) atoms. The SMILES string of the molecule is C=CC(=O)N1CCN(c2ccc(CCC(=O)N3CCN(CC4CCN(CCC(NC(=O)C5(N)CCN(c6ncnc7[nH]ccc67)CC5)c5ccc(Cl)cc5)CC4)CC3)o2)C(=O)C1.[CH3-].[Cs+]. The number of likely N-dealkylation sites (tertiary alicyclic amines) is 1. The number of piperazine rings is 2. The first-order valence-corrected chi connectivity index (χ1v) is 22.3. The van der Waals surface area contributed by atoms with Gasteiger partial charge in [-0.15, -0.1) is 0 Å². The number of carbonyl (C=O) groups is 4. The molecule has 4 aliphatic rings. The van der Waals surface area contributed by atoms with E-state index < -0.39 is 5.54 Å². The molecule has 0 radical (unpaired) electrons. The van der Waals surface area contributed by atoms with Crippen molar-refractivity contribution in [2.24, 2.45) is 11.7 Å². The Morgan fingerprint density at radius 3 is 2.36 bits per heavy atom. The van der Waals surface area contributed by atoms with Crippen LogP contribution in [-0.2, 0) is 25.6 Å². The predicted octanol–water partition coefficient (Wildman–Crippen LogP) is 1.05. The zero-order valence-electron chi connectivity index (χ0n) is 37.4. The van der Waals surface area contributed by atoms with Crippen LogP contribution in [0.25, 0.3) is 11.0 Å². The van der Waals surface area contributed by atoms with Crippen molar-refractivity contribution in [3.8, 4) is 0 Å². The number of nitrogens with two attached hydrogens (primary N) is 1. The Labute approximate surface area is 440 Å². The first-order valence-electron chi connectivity index (χ1n) is 22.0. The third-order valence-corrected chi connectivity index (χ3v) is 13.5. The van der Waals surface area contributed by atoms with Gasteiger partial charge in [-0.1, -0.05) is 30.3 Å². The molecule has 7 heterocycles. The number of nitrogens with zero attached hydrogens (tertiary/aromatic N) is 8. The molecule has 0 bridgehead atoms. The number of aromatic amines is 1. The maximum absolute atomic E-state index is 13.9. The van der Waals surface area contributed by atoms with Crippen molar-refractivity contribution in [1.82, 2.24) is 39.9 Å². The van der Waals surface area contributed by atoms with Gasteiger partial charge in [0.2, 0.25) is 29.5 Å². The van der Waals surface area contributed by atoms with Crippen LogP contribution in [0.5, 0.6) is 0 Å². The van der Waals surface area contributed by atoms with Gasteiger partial charge in [0.1, 0.15) is 30.1 Å². The number of amides is 4. The molecule has 4 aliphatic heterocycles. The molecule has 338 valence electrons. The monoisotopic (exact) mass is 1020 g/mol. The summed E-state index contributed by atoms with van der Waals surface area (Å²) in [6.45, 7) is 12.5. The first-order chi connectivity index (χ1) is 30.0. The fourth-order valence-corrected chi connectivity index (χ4v) is 9.41. The number of anilines is 2. The van der Waals surface area contributed by atoms with Crippen LogP contribution < -0.4 is 89.7 Å². The number of aromatic nitrogens is 3. The van der Waals surface area contributed by atoms with Crippen LogP contribution in [0.3, 0.4) is 0 Å². The molecule has 1 aromatic carbocycles. The molecule has 4 saturated heterocycles. The van der Waals surface area contributed by atoms with Gasteiger partial charge in [-0.3, -0.25) is 29.0 Å². The summed E-state index contributed by atoms with van der Waals surface area (Å²) < 4.78 is 5.95. The van der Waals surface area contributed by atoms with E-state index in [9.17, 15) is 19.2 Å². The van der Waals surface area contributed by atoms with Crippen LogP contribution in [0.2, 0.25) is 5.02 Å². The van der Waals surface area contributed by atoms with Gasteiger partial charge in [0.25, 0.3) is 0 Å². The molecule has 4 N–H and O–H groups in total. The van der Waals surface area contributed by atoms with E-state index in [0.29, 0.717) is 87.5 Å². The number of furan rings is 1. The third kappa shape index (κ3) is 12.2. The van der Waals surface area contributed by atoms with E-state index >= 15 is 0 Å². The molecule has 1 unspecified atom stereocenters. The average Bonchev–Trinajstić information content (AvgIpc) is 3.98. The van der Waals surface area contributed by atoms with Crippen LogP contribution in [0, 0.1) is 13.3 Å². The molecule has 1 atom stereocenters. The molecule has 3 aromatic heterocycles. The normalized spacial score (nSPS) is 19.2. The summed E-state index contributed by atoms with van der Waals surface area (Å²) in [4.78, 5) is 75.8. The number of benzene rings is 1. The molecular weight excluding hydrogens is 955 g/mol. The zero-order valence-corrected chi connectivity index (χ0v) is 44.4. The maximum Gasteiger partial charge on any atom is 1.00 e. The standard InChI is InChI=1S/C45H58ClN11O5.CH3.Cs/c1-2-38(58)56-27-28-57(40(60)30-56)41-10-8-35(62-41)7-9-39(59)54-25-23-53(24-26-54)29-32-12-18-52(19-13-32)20-14-37(33-3-5-34(46)6-4-33)51-44(61)45(47)15-21-55(22-16-45)43-36-11-17-48-42(36)49-31-50-43;;/h2-6,8,10-11,17,31-32,37H,1,7,9,12-16,18-30,47H2,(H,51,61)(H,48,49,50);1H3;/q;-1;+1. The molecule has 18 heteroatoms. The molecule has 8 rings (SSSR count). The van der Waals surface area contributed by atoms with Crippen molar-refractivity contribution in [3.63, 3.8) is 0 Å². The van der Waals surface area contributed by atoms with Crippen molar-refractivity contribution in [1.29, 1.82) is 0 Å². The number of nitrogens with one attached hydrogen (secondary N) is 2. The van der Waals surface area contributed by atoms with Crippen LogP contribution >= 0.6 is 11.6 Å². The average molecular weight is 1020 g/mol. The number of H-pyrrole nitrogens is 1. The quantitative estimate of drug-likeness (QED) is 0.122. The van der Waals surface area contributed by atoms with Crippen LogP contribution in [0.1, 0.15) is 55.9 Å². The number of fused-ring (bicyclic) bond motifs is 1. The number of hydrogen-bond acceptors (Lipinski definition) is 11. The van der Waals surface area contributed by atoms with E-state index in [1.807, 2.05) is 47.5 Å². The van der Waals surface area contributed by atoms with Gasteiger partial charge in [-0.05, 0) is 87.0 Å². The van der Waals surface area contributed by atoms with E-state index in [2.05, 4.69) is 41.5 Å². The summed E-state index contributed by atoms with van der Waals surface area (Å²) in [6, 6.07) is 13.1. The van der Waals surface area contributed by atoms with Gasteiger partial charge in [0, 0.05) is 95.6 Å². The molecule has 0 aliphatic carbocycles. The number of rotatable bonds is 14. The van der Waals surface area contributed by atoms with Crippen LogP contribution in [0.4, 0.5) is 11.7 Å². The van der Waals surface area contributed by atoms with Gasteiger partial charge >= 0.3 is 68.9 Å². The molecule has 4 aromatic rings. The summed E-state index contributed by atoms with van der Waals surface area (Å²) in [5, 5.41) is 4.96. The van der Waals surface area contributed by atoms with Gasteiger partial charge in [0.05, 0.1) is 17.0 Å². The summed E-state index contributed by atoms with van der Waals surface area (Å²) in [5.74, 6) is 2.09. The fourth-order valence-electron chi connectivity index (χ4n) is 9.28. The Hall–Kier alpha value is -3.24. The second-order valence-corrected chi connectivity index (χ2v) is 17.6. The van der Waals surface area contributed by atoms with Crippen LogP contribution in [-0.4, -0.2) is 149 Å². The molecular formula is C46H61ClCsN11O5. The Balaban J connectivity index is 0.00000340. The zero-order chi connectivity index (χ0) is 43.2. The molecule has 4 amide bonds. The number of piperidine rings is 2. The minimum absolute atomic E-state index is 0. The second kappa shape index (κ2) is 23.0. The fraction of sp³-hybridized carbons (Fsp3) is 0.500. The number of halogens is 1. The van der Waals surface area contributed by atoms with E-state index in [-0.39, 0.29) is 113 Å². The van der Waals surface area contributed by atoms with Gasteiger partial charge in [-0.2, -0.15) is 0 Å². The minimum atomic E-state index is -0.982. The van der Waals surface area contributed by atoms with Crippen molar-refractivity contribution in [3.05, 3.63) is 91.4 Å². The van der Waals surface area contributed by atoms with E-state index in [4.69, 9.17) is 21.8 Å². The van der Waals surface area contributed by atoms with E-state index in [1.54, 1.807) is 17.3 Å². The Morgan fingerprint density at radius 1 is 0.938 bits per heavy atom. The topological polar surface area (TPSA) is 180 Å². The number of carbonyl (C=O) groups excluding carboxylic acids is 4. The number of hydrogen-bond donors (Lipinski definition) is 3. The Bertz CT molecular complexity index is 2210. The smallest absolute Gasteiger partial charge is 0.445 e. The third-order valence-electron chi connectivity index (χ3n) is 13.2. The van der Waals surface area contributed by atoms with Crippen LogP contribution in [0.15, 0.2) is 72.1 Å². The van der Waals surface area contributed by atoms with Gasteiger partial charge in [0.15, 0.2) is 0 Å². The summed E-state index contributed by atoms with van der Waals surface area (Å²) in [7, 11) is 0. The molecule has 16 nitrogen and oxygen atoms in total. The van der Waals surface area contributed by atoms with E-state index in [0.717, 1.165) is 80.9 Å². The van der Waals surface area contributed by atoms with E-state index in [1.165, 1.54) is 11.0 Å². The molecule has 4 fully saturated rings. The summed E-state index contributed by atoms with van der Waals surface area (Å²) >= 11 is 6.26. The Morgan fingerprint density at radius 2 is 1.66 bits per heavy atom. The maximum atomic E-state index is 13.9. The predicted molar refractivity (Wildman–Crippen MR) is 244 cm³/mol. The molecule has 0 saturated carbocycles. The van der Waals surface area contributed by atoms with Crippen molar-refractivity contribution >= 4 is 58.0 Å². The largest absolute Gasteiger partial charge is 1.00 e. The minimum Gasteiger partial charge on any atom is -0.445 e. The van der Waals surface area contributed by atoms with Crippen molar-refractivity contribution < 1.29 is 92.5 Å². The Kier molecular flexibility index (Phi) is 18.0. The first kappa shape index (κ1) is 50.2. The number of aryl methyl sites for hydroxylation is 1. The molecule has 0 spiro atoms. The van der Waals surface area contributed by atoms with Gasteiger partial charge in [-0.25, -0.2) is 9.97 Å². The van der Waals surface area contributed by atoms with Crippen molar-refractivity contribution in [2.45, 2.75) is 56.5 Å². The summed E-state index contributed by atoms with van der Waals surface area (Å²) in [5.41, 5.74) is 7.69. The van der Waals surface area contributed by atoms with Crippen molar-refractivity contribution in [2.75, 3.05) is 94.9 Å². The summed E-state index contributed by atoms with van der Waals surface area (Å²) in [6.07, 6.45) is 9.47. The van der Waals surface area contributed by atoms with Gasteiger partial charge < -0.3 is 47.5 Å².